The molecule has 0 amide bonds. The van der Waals surface area contributed by atoms with E-state index in [9.17, 15) is 4.79 Å². The number of benzene rings is 1. The van der Waals surface area contributed by atoms with Crippen molar-refractivity contribution in [3.63, 3.8) is 0 Å². The van der Waals surface area contributed by atoms with Crippen molar-refractivity contribution in [2.24, 2.45) is 11.8 Å². The van der Waals surface area contributed by atoms with E-state index in [0.717, 1.165) is 43.1 Å². The van der Waals surface area contributed by atoms with Crippen molar-refractivity contribution < 1.29 is 19.4 Å². The van der Waals surface area contributed by atoms with E-state index >= 15 is 0 Å². The smallest absolute Gasteiger partial charge is 0.303 e. The molecule has 138 valence electrons. The van der Waals surface area contributed by atoms with Crippen molar-refractivity contribution >= 4 is 17.7 Å². The molecule has 0 aliphatic carbocycles. The minimum Gasteiger partial charge on any atom is -0.494 e. The SMILES string of the molecule is O=C(O)CCCCSC[C@@H]1[C@H](CCOc2ccccc2)[C@@H]2CC[C@H]1O2. The van der Waals surface area contributed by atoms with Crippen molar-refractivity contribution in [3.8, 4) is 5.75 Å². The predicted molar refractivity (Wildman–Crippen MR) is 100 cm³/mol. The van der Waals surface area contributed by atoms with Crippen LogP contribution in [0.3, 0.4) is 0 Å². The van der Waals surface area contributed by atoms with E-state index in [0.29, 0.717) is 24.0 Å². The second-order valence-electron chi connectivity index (χ2n) is 6.99. The average Bonchev–Trinajstić information content (AvgIpc) is 3.21. The summed E-state index contributed by atoms with van der Waals surface area (Å²) in [5.74, 6) is 3.66. The molecule has 4 atom stereocenters. The van der Waals surface area contributed by atoms with Crippen molar-refractivity contribution in [2.75, 3.05) is 18.1 Å². The molecule has 2 aliphatic rings. The first-order chi connectivity index (χ1) is 12.2. The first kappa shape index (κ1) is 18.6. The van der Waals surface area contributed by atoms with Crippen molar-refractivity contribution in [3.05, 3.63) is 30.3 Å². The summed E-state index contributed by atoms with van der Waals surface area (Å²) in [5, 5.41) is 8.68. The molecule has 3 rings (SSSR count). The number of aliphatic carboxylic acids is 1. The molecule has 2 fully saturated rings. The summed E-state index contributed by atoms with van der Waals surface area (Å²) in [6.45, 7) is 0.751. The zero-order valence-corrected chi connectivity index (χ0v) is 15.5. The molecule has 1 aromatic rings. The highest BCUT2D eigenvalue weighted by Crippen LogP contribution is 2.46. The number of fused-ring (bicyclic) bond motifs is 2. The fourth-order valence-electron chi connectivity index (χ4n) is 4.03. The number of carboxylic acid groups (broad SMARTS) is 1. The molecular formula is C20H28O4S. The molecule has 2 saturated heterocycles. The summed E-state index contributed by atoms with van der Waals surface area (Å²) in [5.41, 5.74) is 0. The summed E-state index contributed by atoms with van der Waals surface area (Å²) in [7, 11) is 0. The van der Waals surface area contributed by atoms with E-state index in [4.69, 9.17) is 14.6 Å². The third kappa shape index (κ3) is 5.38. The topological polar surface area (TPSA) is 55.8 Å². The van der Waals surface area contributed by atoms with Gasteiger partial charge in [-0.15, -0.1) is 0 Å². The lowest BCUT2D eigenvalue weighted by Crippen LogP contribution is -2.30. The van der Waals surface area contributed by atoms with Crippen LogP contribution in [0, 0.1) is 11.8 Å². The molecule has 0 aromatic heterocycles. The van der Waals surface area contributed by atoms with Gasteiger partial charge in [0.25, 0.3) is 0 Å². The van der Waals surface area contributed by atoms with E-state index in [-0.39, 0.29) is 6.42 Å². The molecule has 0 unspecified atom stereocenters. The summed E-state index contributed by atoms with van der Waals surface area (Å²) in [4.78, 5) is 10.5. The fraction of sp³-hybridized carbons (Fsp3) is 0.650. The lowest BCUT2D eigenvalue weighted by atomic mass is 9.79. The van der Waals surface area contributed by atoms with Crippen LogP contribution < -0.4 is 4.74 Å². The van der Waals surface area contributed by atoms with Crippen LogP contribution in [0.2, 0.25) is 0 Å². The number of ether oxygens (including phenoxy) is 2. The fourth-order valence-corrected chi connectivity index (χ4v) is 5.34. The van der Waals surface area contributed by atoms with Crippen molar-refractivity contribution in [1.82, 2.24) is 0 Å². The Morgan fingerprint density at radius 3 is 2.68 bits per heavy atom. The van der Waals surface area contributed by atoms with Gasteiger partial charge in [0.2, 0.25) is 0 Å². The monoisotopic (exact) mass is 364 g/mol. The van der Waals surface area contributed by atoms with Gasteiger partial charge in [0.05, 0.1) is 18.8 Å². The number of hydrogen-bond acceptors (Lipinski definition) is 4. The minimum absolute atomic E-state index is 0.289. The maximum Gasteiger partial charge on any atom is 0.303 e. The summed E-state index contributed by atoms with van der Waals surface area (Å²) >= 11 is 1.96. The van der Waals surface area contributed by atoms with E-state index in [1.165, 1.54) is 12.8 Å². The van der Waals surface area contributed by atoms with Gasteiger partial charge in [-0.3, -0.25) is 4.79 Å². The largest absolute Gasteiger partial charge is 0.494 e. The maximum atomic E-state index is 10.5. The van der Waals surface area contributed by atoms with Crippen LogP contribution in [0.5, 0.6) is 5.75 Å². The lowest BCUT2D eigenvalue weighted by Gasteiger charge is -2.27. The number of hydrogen-bond donors (Lipinski definition) is 1. The molecule has 0 radical (unpaired) electrons. The zero-order chi connectivity index (χ0) is 17.5. The van der Waals surface area contributed by atoms with Crippen LogP contribution in [-0.2, 0) is 9.53 Å². The number of unbranched alkanes of at least 4 members (excludes halogenated alkanes) is 1. The van der Waals surface area contributed by atoms with Crippen LogP contribution in [0.25, 0.3) is 0 Å². The van der Waals surface area contributed by atoms with Gasteiger partial charge in [0.1, 0.15) is 5.75 Å². The van der Waals surface area contributed by atoms with Crippen LogP contribution in [0.4, 0.5) is 0 Å². The molecule has 2 bridgehead atoms. The number of thioether (sulfide) groups is 1. The van der Waals surface area contributed by atoms with Gasteiger partial charge in [-0.1, -0.05) is 18.2 Å². The normalized spacial score (nSPS) is 27.5. The molecule has 2 heterocycles. The van der Waals surface area contributed by atoms with E-state index < -0.39 is 5.97 Å². The van der Waals surface area contributed by atoms with Crippen LogP contribution in [0.15, 0.2) is 30.3 Å². The van der Waals surface area contributed by atoms with Gasteiger partial charge < -0.3 is 14.6 Å². The number of carbonyl (C=O) groups is 1. The number of para-hydroxylation sites is 1. The Morgan fingerprint density at radius 1 is 1.16 bits per heavy atom. The standard InChI is InChI=1S/C20H28O4S/c21-20(22)8-4-5-13-25-14-17-16(18-9-10-19(17)24-18)11-12-23-15-6-2-1-3-7-15/h1-3,6-7,16-19H,4-5,8-14H2,(H,21,22)/t16-,17+,18-,19+/m0/s1. The number of carboxylic acids is 1. The summed E-state index contributed by atoms with van der Waals surface area (Å²) < 4.78 is 12.0. The van der Waals surface area contributed by atoms with Crippen molar-refractivity contribution in [2.45, 2.75) is 50.7 Å². The Bertz CT molecular complexity index is 536. The van der Waals surface area contributed by atoms with Gasteiger partial charge in [-0.2, -0.15) is 11.8 Å². The van der Waals surface area contributed by atoms with Gasteiger partial charge in [-0.05, 0) is 67.6 Å². The molecule has 2 aliphatic heterocycles. The van der Waals surface area contributed by atoms with Crippen LogP contribution in [0.1, 0.15) is 38.5 Å². The third-order valence-corrected chi connectivity index (χ3v) is 6.49. The maximum absolute atomic E-state index is 10.5. The van der Waals surface area contributed by atoms with Gasteiger partial charge >= 0.3 is 5.97 Å². The molecule has 1 N–H and O–H groups in total. The molecule has 25 heavy (non-hydrogen) atoms. The Hall–Kier alpha value is -1.20. The summed E-state index contributed by atoms with van der Waals surface area (Å²) in [6.07, 6.45) is 6.35. The highest BCUT2D eigenvalue weighted by Gasteiger charge is 2.48. The van der Waals surface area contributed by atoms with Crippen molar-refractivity contribution in [1.29, 1.82) is 0 Å². The van der Waals surface area contributed by atoms with Gasteiger partial charge in [-0.25, -0.2) is 0 Å². The molecule has 0 spiro atoms. The Balaban J connectivity index is 1.38. The van der Waals surface area contributed by atoms with Crippen LogP contribution >= 0.6 is 11.8 Å². The van der Waals surface area contributed by atoms with E-state index in [1.807, 2.05) is 42.1 Å². The molecule has 5 heteroatoms. The lowest BCUT2D eigenvalue weighted by molar-refractivity contribution is -0.137. The Kier molecular flexibility index (Phi) is 7.05. The predicted octanol–water partition coefficient (Wildman–Crippen LogP) is 4.24. The highest BCUT2D eigenvalue weighted by molar-refractivity contribution is 7.99. The molecule has 4 nitrogen and oxygen atoms in total. The summed E-state index contributed by atoms with van der Waals surface area (Å²) in [6, 6.07) is 10.0. The van der Waals surface area contributed by atoms with E-state index in [2.05, 4.69) is 0 Å². The Morgan fingerprint density at radius 2 is 1.92 bits per heavy atom. The molecule has 1 aromatic carbocycles. The highest BCUT2D eigenvalue weighted by atomic mass is 32.2. The minimum atomic E-state index is -0.690. The number of rotatable bonds is 11. The molecular weight excluding hydrogens is 336 g/mol. The first-order valence-electron chi connectivity index (χ1n) is 9.37. The van der Waals surface area contributed by atoms with Gasteiger partial charge in [0, 0.05) is 6.42 Å². The third-order valence-electron chi connectivity index (χ3n) is 5.29. The molecule has 0 saturated carbocycles. The van der Waals surface area contributed by atoms with E-state index in [1.54, 1.807) is 0 Å². The van der Waals surface area contributed by atoms with Gasteiger partial charge in [0.15, 0.2) is 0 Å². The average molecular weight is 365 g/mol. The Labute approximate surface area is 154 Å². The zero-order valence-electron chi connectivity index (χ0n) is 14.6. The first-order valence-corrected chi connectivity index (χ1v) is 10.5. The quantitative estimate of drug-likeness (QED) is 0.595. The second-order valence-corrected chi connectivity index (χ2v) is 8.14. The van der Waals surface area contributed by atoms with Crippen LogP contribution in [-0.4, -0.2) is 41.4 Å². The second kappa shape index (κ2) is 9.48.